The van der Waals surface area contributed by atoms with E-state index >= 15 is 0 Å². The summed E-state index contributed by atoms with van der Waals surface area (Å²) in [4.78, 5) is 0.278. The van der Waals surface area contributed by atoms with Gasteiger partial charge < -0.3 is 4.74 Å². The van der Waals surface area contributed by atoms with Crippen LogP contribution in [-0.4, -0.2) is 47.4 Å². The number of sulfonamides is 2. The van der Waals surface area contributed by atoms with Gasteiger partial charge in [0.05, 0.1) is 23.0 Å². The molecular weight excluding hydrogens is 400 g/mol. The van der Waals surface area contributed by atoms with Gasteiger partial charge in [0.1, 0.15) is 0 Å². The highest BCUT2D eigenvalue weighted by atomic mass is 32.2. The number of ether oxygens (including phenoxy) is 1. The maximum Gasteiger partial charge on any atom is 0.261 e. The van der Waals surface area contributed by atoms with Crippen molar-refractivity contribution in [2.45, 2.75) is 29.6 Å². The van der Waals surface area contributed by atoms with Crippen molar-refractivity contribution in [3.8, 4) is 0 Å². The number of rotatable bonds is 6. The Kier molecular flexibility index (Phi) is 6.09. The minimum Gasteiger partial charge on any atom is -0.379 e. The lowest BCUT2D eigenvalue weighted by atomic mass is 10.0. The van der Waals surface area contributed by atoms with Crippen LogP contribution in [0, 0.1) is 0 Å². The third kappa shape index (κ3) is 4.54. The van der Waals surface area contributed by atoms with E-state index < -0.39 is 20.0 Å². The van der Waals surface area contributed by atoms with Crippen molar-refractivity contribution in [1.82, 2.24) is 4.31 Å². The summed E-state index contributed by atoms with van der Waals surface area (Å²) in [5.74, 6) is 0.311. The van der Waals surface area contributed by atoms with E-state index in [0.29, 0.717) is 37.9 Å². The van der Waals surface area contributed by atoms with E-state index in [9.17, 15) is 16.8 Å². The van der Waals surface area contributed by atoms with Gasteiger partial charge in [-0.3, -0.25) is 4.72 Å². The number of hydrogen-bond acceptors (Lipinski definition) is 5. The molecule has 28 heavy (non-hydrogen) atoms. The summed E-state index contributed by atoms with van der Waals surface area (Å²) in [5.41, 5.74) is 1.35. The molecule has 152 valence electrons. The van der Waals surface area contributed by atoms with Crippen LogP contribution in [0.2, 0.25) is 0 Å². The number of morpholine rings is 1. The van der Waals surface area contributed by atoms with Crippen molar-refractivity contribution >= 4 is 25.7 Å². The van der Waals surface area contributed by atoms with Gasteiger partial charge in [0.15, 0.2) is 0 Å². The van der Waals surface area contributed by atoms with Crippen LogP contribution in [0.4, 0.5) is 5.69 Å². The Bertz CT molecular complexity index is 1010. The van der Waals surface area contributed by atoms with Crippen molar-refractivity contribution in [3.63, 3.8) is 0 Å². The first-order chi connectivity index (χ1) is 13.2. The van der Waals surface area contributed by atoms with Gasteiger partial charge in [0.2, 0.25) is 10.0 Å². The largest absolute Gasteiger partial charge is 0.379 e. The molecule has 1 aliphatic heterocycles. The zero-order valence-corrected chi connectivity index (χ0v) is 17.5. The highest BCUT2D eigenvalue weighted by Gasteiger charge is 2.26. The topological polar surface area (TPSA) is 92.8 Å². The lowest BCUT2D eigenvalue weighted by Gasteiger charge is -2.26. The molecule has 0 radical (unpaired) electrons. The average molecular weight is 425 g/mol. The van der Waals surface area contributed by atoms with Gasteiger partial charge in [0, 0.05) is 18.8 Å². The van der Waals surface area contributed by atoms with Gasteiger partial charge in [-0.25, -0.2) is 16.8 Å². The van der Waals surface area contributed by atoms with Crippen LogP contribution >= 0.6 is 0 Å². The normalized spacial score (nSPS) is 16.2. The first-order valence-electron chi connectivity index (χ1n) is 9.01. The standard InChI is InChI=1S/C19H24N2O5S2/c1-15(2)16-3-7-18(8-4-16)27(22,23)20-17-5-9-19(10-6-17)28(24,25)21-11-13-26-14-12-21/h3-10,15,20H,11-14H2,1-2H3. The molecule has 0 aromatic heterocycles. The summed E-state index contributed by atoms with van der Waals surface area (Å²) in [5, 5.41) is 0. The number of benzene rings is 2. The van der Waals surface area contributed by atoms with Gasteiger partial charge in [-0.2, -0.15) is 4.31 Å². The molecule has 0 atom stereocenters. The average Bonchev–Trinajstić information content (AvgIpc) is 2.69. The van der Waals surface area contributed by atoms with Crippen LogP contribution in [0.3, 0.4) is 0 Å². The van der Waals surface area contributed by atoms with Gasteiger partial charge >= 0.3 is 0 Å². The molecule has 1 fully saturated rings. The molecule has 2 aromatic carbocycles. The van der Waals surface area contributed by atoms with E-state index in [-0.39, 0.29) is 9.79 Å². The number of nitrogens with one attached hydrogen (secondary N) is 1. The molecule has 1 heterocycles. The quantitative estimate of drug-likeness (QED) is 0.770. The van der Waals surface area contributed by atoms with E-state index in [0.717, 1.165) is 5.56 Å². The summed E-state index contributed by atoms with van der Waals surface area (Å²) >= 11 is 0. The van der Waals surface area contributed by atoms with Gasteiger partial charge in [-0.05, 0) is 47.9 Å². The number of nitrogens with zero attached hydrogens (tertiary/aromatic N) is 1. The second-order valence-corrected chi connectivity index (χ2v) is 10.5. The predicted octanol–water partition coefficient (Wildman–Crippen LogP) is 2.63. The van der Waals surface area contributed by atoms with E-state index in [2.05, 4.69) is 4.72 Å². The summed E-state index contributed by atoms with van der Waals surface area (Å²) in [6.45, 7) is 5.42. The molecular formula is C19H24N2O5S2. The third-order valence-electron chi connectivity index (χ3n) is 4.57. The molecule has 1 saturated heterocycles. The van der Waals surface area contributed by atoms with E-state index in [1.807, 2.05) is 13.8 Å². The lowest BCUT2D eigenvalue weighted by molar-refractivity contribution is 0.0730. The Morgan fingerprint density at radius 1 is 0.857 bits per heavy atom. The SMILES string of the molecule is CC(C)c1ccc(S(=O)(=O)Nc2ccc(S(=O)(=O)N3CCOCC3)cc2)cc1. The molecule has 0 spiro atoms. The Morgan fingerprint density at radius 3 is 1.93 bits per heavy atom. The van der Waals surface area contributed by atoms with Crippen LogP contribution in [0.15, 0.2) is 58.3 Å². The van der Waals surface area contributed by atoms with Crippen LogP contribution < -0.4 is 4.72 Å². The Hall–Kier alpha value is -1.94. The fourth-order valence-corrected chi connectivity index (χ4v) is 5.34. The fraction of sp³-hybridized carbons (Fsp3) is 0.368. The van der Waals surface area contributed by atoms with Crippen molar-refractivity contribution in [3.05, 3.63) is 54.1 Å². The van der Waals surface area contributed by atoms with Crippen LogP contribution in [0.5, 0.6) is 0 Å². The first-order valence-corrected chi connectivity index (χ1v) is 11.9. The first kappa shape index (κ1) is 20.8. The maximum atomic E-state index is 12.6. The zero-order chi connectivity index (χ0) is 20.4. The van der Waals surface area contributed by atoms with E-state index in [1.165, 1.54) is 28.6 Å². The molecule has 0 amide bonds. The number of hydrogen-bond donors (Lipinski definition) is 1. The molecule has 0 bridgehead atoms. The van der Waals surface area contributed by atoms with Crippen molar-refractivity contribution in [2.75, 3.05) is 31.0 Å². The molecule has 7 nitrogen and oxygen atoms in total. The second kappa shape index (κ2) is 8.20. The van der Waals surface area contributed by atoms with Crippen molar-refractivity contribution < 1.29 is 21.6 Å². The Morgan fingerprint density at radius 2 is 1.39 bits per heavy atom. The summed E-state index contributed by atoms with van der Waals surface area (Å²) in [6.07, 6.45) is 0. The van der Waals surface area contributed by atoms with Crippen LogP contribution in [0.1, 0.15) is 25.3 Å². The van der Waals surface area contributed by atoms with E-state index in [1.54, 1.807) is 24.3 Å². The predicted molar refractivity (Wildman–Crippen MR) is 107 cm³/mol. The highest BCUT2D eigenvalue weighted by Crippen LogP contribution is 2.22. The minimum atomic E-state index is -3.75. The minimum absolute atomic E-state index is 0.124. The fourth-order valence-electron chi connectivity index (χ4n) is 2.88. The molecule has 0 saturated carbocycles. The Labute approximate surface area is 166 Å². The lowest BCUT2D eigenvalue weighted by Crippen LogP contribution is -2.40. The molecule has 1 N–H and O–H groups in total. The van der Waals surface area contributed by atoms with Crippen molar-refractivity contribution in [2.24, 2.45) is 0 Å². The smallest absolute Gasteiger partial charge is 0.261 e. The molecule has 2 aromatic rings. The van der Waals surface area contributed by atoms with Gasteiger partial charge in [-0.15, -0.1) is 0 Å². The second-order valence-electron chi connectivity index (χ2n) is 6.87. The zero-order valence-electron chi connectivity index (χ0n) is 15.8. The summed E-state index contributed by atoms with van der Waals surface area (Å²) < 4.78 is 59.4. The third-order valence-corrected chi connectivity index (χ3v) is 7.88. The van der Waals surface area contributed by atoms with Crippen molar-refractivity contribution in [1.29, 1.82) is 0 Å². The molecule has 0 unspecified atom stereocenters. The monoisotopic (exact) mass is 424 g/mol. The van der Waals surface area contributed by atoms with Crippen LogP contribution in [0.25, 0.3) is 0 Å². The Balaban J connectivity index is 1.76. The number of anilines is 1. The molecule has 1 aliphatic rings. The highest BCUT2D eigenvalue weighted by molar-refractivity contribution is 7.92. The van der Waals surface area contributed by atoms with Gasteiger partial charge in [0.25, 0.3) is 10.0 Å². The van der Waals surface area contributed by atoms with Crippen LogP contribution in [-0.2, 0) is 24.8 Å². The van der Waals surface area contributed by atoms with E-state index in [4.69, 9.17) is 4.74 Å². The summed E-state index contributed by atoms with van der Waals surface area (Å²) in [6, 6.07) is 12.4. The molecule has 3 rings (SSSR count). The molecule has 9 heteroatoms. The maximum absolute atomic E-state index is 12.6. The molecule has 0 aliphatic carbocycles. The summed E-state index contributed by atoms with van der Waals surface area (Å²) in [7, 11) is -7.36. The van der Waals surface area contributed by atoms with Gasteiger partial charge in [-0.1, -0.05) is 26.0 Å².